The lowest BCUT2D eigenvalue weighted by atomic mass is 9.93. The van der Waals surface area contributed by atoms with Crippen LogP contribution in [0, 0.1) is 5.41 Å². The smallest absolute Gasteiger partial charge is 0.244 e. The lowest BCUT2D eigenvalue weighted by molar-refractivity contribution is -0.00661. The average molecular weight is 192 g/mol. The van der Waals surface area contributed by atoms with E-state index in [1.165, 1.54) is 0 Å². The molecule has 0 radical (unpaired) electrons. The van der Waals surface area contributed by atoms with Gasteiger partial charge in [-0.05, 0) is 0 Å². The maximum atomic E-state index is 12.5. The molecular formula is C9H18F2N2. The molecule has 0 unspecified atom stereocenters. The molecule has 1 rings (SSSR count). The van der Waals surface area contributed by atoms with Crippen molar-refractivity contribution >= 4 is 0 Å². The van der Waals surface area contributed by atoms with E-state index >= 15 is 0 Å². The number of rotatable bonds is 3. The van der Waals surface area contributed by atoms with E-state index in [0.717, 1.165) is 26.2 Å². The summed E-state index contributed by atoms with van der Waals surface area (Å²) in [7, 11) is 0. The van der Waals surface area contributed by atoms with Crippen LogP contribution in [-0.2, 0) is 0 Å². The fourth-order valence-corrected chi connectivity index (χ4v) is 1.51. The monoisotopic (exact) mass is 192 g/mol. The van der Waals surface area contributed by atoms with Gasteiger partial charge in [0.25, 0.3) is 0 Å². The van der Waals surface area contributed by atoms with E-state index in [2.05, 4.69) is 10.2 Å². The Balaban J connectivity index is 2.37. The second-order valence-corrected chi connectivity index (χ2v) is 4.32. The van der Waals surface area contributed by atoms with Gasteiger partial charge < -0.3 is 10.2 Å². The van der Waals surface area contributed by atoms with Crippen molar-refractivity contribution in [2.45, 2.75) is 20.3 Å². The largest absolute Gasteiger partial charge is 0.314 e. The van der Waals surface area contributed by atoms with E-state index in [-0.39, 0.29) is 0 Å². The molecule has 0 amide bonds. The molecule has 1 aliphatic heterocycles. The second-order valence-electron chi connectivity index (χ2n) is 4.32. The van der Waals surface area contributed by atoms with Gasteiger partial charge in [-0.15, -0.1) is 0 Å². The summed E-state index contributed by atoms with van der Waals surface area (Å²) in [5.74, 6) is 0. The normalized spacial score (nSPS) is 21.0. The number of halogens is 2. The van der Waals surface area contributed by atoms with Crippen LogP contribution in [0.3, 0.4) is 0 Å². The molecule has 1 N–H and O–H groups in total. The minimum Gasteiger partial charge on any atom is -0.314 e. The molecule has 2 nitrogen and oxygen atoms in total. The summed E-state index contributed by atoms with van der Waals surface area (Å²) in [5.41, 5.74) is -0.878. The highest BCUT2D eigenvalue weighted by molar-refractivity contribution is 4.78. The van der Waals surface area contributed by atoms with Crippen molar-refractivity contribution in [1.29, 1.82) is 0 Å². The number of hydrogen-bond donors (Lipinski definition) is 1. The Morgan fingerprint density at radius 3 is 2.31 bits per heavy atom. The van der Waals surface area contributed by atoms with Crippen LogP contribution in [-0.4, -0.2) is 44.0 Å². The average Bonchev–Trinajstić information content (AvgIpc) is 2.05. The second kappa shape index (κ2) is 4.33. The third-order valence-corrected chi connectivity index (χ3v) is 2.43. The summed E-state index contributed by atoms with van der Waals surface area (Å²) in [6.07, 6.45) is -2.23. The van der Waals surface area contributed by atoms with Crippen LogP contribution in [0.2, 0.25) is 0 Å². The van der Waals surface area contributed by atoms with E-state index in [0.29, 0.717) is 6.54 Å². The first kappa shape index (κ1) is 10.9. The Hall–Kier alpha value is -0.220. The quantitative estimate of drug-likeness (QED) is 0.722. The van der Waals surface area contributed by atoms with Crippen LogP contribution < -0.4 is 5.32 Å². The van der Waals surface area contributed by atoms with Gasteiger partial charge in [0.1, 0.15) is 0 Å². The van der Waals surface area contributed by atoms with Gasteiger partial charge in [0.2, 0.25) is 6.43 Å². The summed E-state index contributed by atoms with van der Waals surface area (Å²) in [6.45, 7) is 7.34. The van der Waals surface area contributed by atoms with Gasteiger partial charge in [-0.3, -0.25) is 0 Å². The Labute approximate surface area is 78.3 Å². The van der Waals surface area contributed by atoms with Gasteiger partial charge in [-0.25, -0.2) is 8.78 Å². The third-order valence-electron chi connectivity index (χ3n) is 2.43. The van der Waals surface area contributed by atoms with Crippen molar-refractivity contribution in [2.75, 3.05) is 32.7 Å². The highest BCUT2D eigenvalue weighted by Gasteiger charge is 2.31. The van der Waals surface area contributed by atoms with Crippen LogP contribution in [0.25, 0.3) is 0 Å². The lowest BCUT2D eigenvalue weighted by Gasteiger charge is -2.34. The van der Waals surface area contributed by atoms with E-state index in [4.69, 9.17) is 0 Å². The summed E-state index contributed by atoms with van der Waals surface area (Å²) in [4.78, 5) is 2.10. The van der Waals surface area contributed by atoms with Crippen molar-refractivity contribution in [1.82, 2.24) is 10.2 Å². The van der Waals surface area contributed by atoms with Crippen molar-refractivity contribution in [2.24, 2.45) is 5.41 Å². The number of hydrogen-bond acceptors (Lipinski definition) is 2. The molecule has 1 aliphatic rings. The molecule has 1 heterocycles. The first-order chi connectivity index (χ1) is 6.02. The van der Waals surface area contributed by atoms with E-state index in [9.17, 15) is 8.78 Å². The van der Waals surface area contributed by atoms with Gasteiger partial charge in [0.05, 0.1) is 0 Å². The molecule has 13 heavy (non-hydrogen) atoms. The maximum absolute atomic E-state index is 12.5. The molecule has 0 saturated carbocycles. The molecule has 0 aliphatic carbocycles. The Morgan fingerprint density at radius 2 is 1.85 bits per heavy atom. The van der Waals surface area contributed by atoms with Crippen LogP contribution >= 0.6 is 0 Å². The molecule has 0 aromatic carbocycles. The minimum absolute atomic E-state index is 0.492. The molecule has 0 spiro atoms. The van der Waals surface area contributed by atoms with E-state index < -0.39 is 11.8 Å². The zero-order chi connectivity index (χ0) is 9.90. The van der Waals surface area contributed by atoms with Crippen LogP contribution in [0.4, 0.5) is 8.78 Å². The molecule has 0 atom stereocenters. The minimum atomic E-state index is -2.23. The summed E-state index contributed by atoms with van der Waals surface area (Å²) in [5, 5.41) is 3.20. The number of nitrogens with one attached hydrogen (secondary N) is 1. The predicted octanol–water partition coefficient (Wildman–Crippen LogP) is 1.18. The van der Waals surface area contributed by atoms with Gasteiger partial charge in [-0.1, -0.05) is 13.8 Å². The summed E-state index contributed by atoms with van der Waals surface area (Å²) in [6, 6.07) is 0. The van der Waals surface area contributed by atoms with E-state index in [1.807, 2.05) is 0 Å². The summed E-state index contributed by atoms with van der Waals surface area (Å²) >= 11 is 0. The van der Waals surface area contributed by atoms with Crippen molar-refractivity contribution in [3.05, 3.63) is 0 Å². The molecule has 0 aromatic heterocycles. The highest BCUT2D eigenvalue weighted by Crippen LogP contribution is 2.25. The molecule has 0 aromatic rings. The van der Waals surface area contributed by atoms with Crippen LogP contribution in [0.15, 0.2) is 0 Å². The SMILES string of the molecule is CC(C)(CN1CCNCC1)C(F)F. The Morgan fingerprint density at radius 1 is 1.31 bits per heavy atom. The topological polar surface area (TPSA) is 15.3 Å². The predicted molar refractivity (Wildman–Crippen MR) is 49.1 cm³/mol. The fourth-order valence-electron chi connectivity index (χ4n) is 1.51. The molecular weight excluding hydrogens is 174 g/mol. The number of alkyl halides is 2. The van der Waals surface area contributed by atoms with Crippen LogP contribution in [0.1, 0.15) is 13.8 Å². The zero-order valence-corrected chi connectivity index (χ0v) is 8.32. The number of piperazine rings is 1. The Kier molecular flexibility index (Phi) is 3.62. The lowest BCUT2D eigenvalue weighted by Crippen LogP contribution is -2.48. The van der Waals surface area contributed by atoms with E-state index in [1.54, 1.807) is 13.8 Å². The van der Waals surface area contributed by atoms with Crippen LogP contribution in [0.5, 0.6) is 0 Å². The van der Waals surface area contributed by atoms with Gasteiger partial charge >= 0.3 is 0 Å². The number of nitrogens with zero attached hydrogens (tertiary/aromatic N) is 1. The zero-order valence-electron chi connectivity index (χ0n) is 8.32. The first-order valence-corrected chi connectivity index (χ1v) is 4.73. The molecule has 4 heteroatoms. The molecule has 1 fully saturated rings. The molecule has 78 valence electrons. The highest BCUT2D eigenvalue weighted by atomic mass is 19.3. The third kappa shape index (κ3) is 3.19. The fraction of sp³-hybridized carbons (Fsp3) is 1.00. The maximum Gasteiger partial charge on any atom is 0.244 e. The van der Waals surface area contributed by atoms with Gasteiger partial charge in [0, 0.05) is 38.1 Å². The standard InChI is InChI=1S/C9H18F2N2/c1-9(2,8(10)11)7-13-5-3-12-4-6-13/h8,12H,3-7H2,1-2H3. The van der Waals surface area contributed by atoms with Crippen molar-refractivity contribution < 1.29 is 8.78 Å². The van der Waals surface area contributed by atoms with Crippen molar-refractivity contribution in [3.63, 3.8) is 0 Å². The van der Waals surface area contributed by atoms with Gasteiger partial charge in [-0.2, -0.15) is 0 Å². The molecule has 1 saturated heterocycles. The van der Waals surface area contributed by atoms with Crippen molar-refractivity contribution in [3.8, 4) is 0 Å². The Bertz CT molecular complexity index is 154. The first-order valence-electron chi connectivity index (χ1n) is 4.73. The molecule has 0 bridgehead atoms. The summed E-state index contributed by atoms with van der Waals surface area (Å²) < 4.78 is 25.1. The van der Waals surface area contributed by atoms with Gasteiger partial charge in [0.15, 0.2) is 0 Å².